The summed E-state index contributed by atoms with van der Waals surface area (Å²) in [5.41, 5.74) is 8.02. The standard InChI is InChI=1S/C12H20N4O/c1-8(13)6-12(17)15-10-4-3-5-11-9(10)7-14-16(11)2/h7-8,10H,3-6,13H2,1-2H3,(H,15,17). The van der Waals surface area contributed by atoms with E-state index in [-0.39, 0.29) is 18.0 Å². The molecule has 0 aromatic carbocycles. The molecule has 94 valence electrons. The van der Waals surface area contributed by atoms with Crippen molar-refractivity contribution in [2.75, 3.05) is 0 Å². The first-order valence-corrected chi connectivity index (χ1v) is 6.13. The second-order valence-electron chi connectivity index (χ2n) is 4.86. The fourth-order valence-electron chi connectivity index (χ4n) is 2.40. The van der Waals surface area contributed by atoms with Gasteiger partial charge in [-0.2, -0.15) is 5.10 Å². The first-order chi connectivity index (χ1) is 8.08. The topological polar surface area (TPSA) is 72.9 Å². The zero-order valence-electron chi connectivity index (χ0n) is 10.4. The van der Waals surface area contributed by atoms with Gasteiger partial charge in [0, 0.05) is 30.8 Å². The molecule has 1 heterocycles. The van der Waals surface area contributed by atoms with Gasteiger partial charge in [-0.05, 0) is 26.2 Å². The Morgan fingerprint density at radius 2 is 2.53 bits per heavy atom. The van der Waals surface area contributed by atoms with Crippen molar-refractivity contribution in [3.8, 4) is 0 Å². The molecule has 5 nitrogen and oxygen atoms in total. The molecular formula is C12H20N4O. The van der Waals surface area contributed by atoms with Gasteiger partial charge in [-0.3, -0.25) is 9.48 Å². The Hall–Kier alpha value is -1.36. The van der Waals surface area contributed by atoms with Crippen LogP contribution < -0.4 is 11.1 Å². The second kappa shape index (κ2) is 4.87. The summed E-state index contributed by atoms with van der Waals surface area (Å²) in [5, 5.41) is 7.30. The molecule has 0 aliphatic heterocycles. The van der Waals surface area contributed by atoms with Crippen LogP contribution in [-0.4, -0.2) is 21.7 Å². The van der Waals surface area contributed by atoms with Gasteiger partial charge >= 0.3 is 0 Å². The van der Waals surface area contributed by atoms with Gasteiger partial charge in [-0.25, -0.2) is 0 Å². The monoisotopic (exact) mass is 236 g/mol. The van der Waals surface area contributed by atoms with Gasteiger partial charge in [0.05, 0.1) is 12.2 Å². The Bertz CT molecular complexity index is 411. The third-order valence-corrected chi connectivity index (χ3v) is 3.22. The van der Waals surface area contributed by atoms with Crippen LogP contribution in [0.4, 0.5) is 0 Å². The molecule has 1 aromatic heterocycles. The van der Waals surface area contributed by atoms with Crippen molar-refractivity contribution < 1.29 is 4.79 Å². The molecule has 1 aromatic rings. The van der Waals surface area contributed by atoms with Gasteiger partial charge in [-0.1, -0.05) is 0 Å². The van der Waals surface area contributed by atoms with E-state index in [0.29, 0.717) is 6.42 Å². The number of carbonyl (C=O) groups is 1. The molecule has 1 amide bonds. The van der Waals surface area contributed by atoms with Crippen molar-refractivity contribution in [1.29, 1.82) is 0 Å². The van der Waals surface area contributed by atoms with Crippen LogP contribution in [0.15, 0.2) is 6.20 Å². The Kier molecular flexibility index (Phi) is 3.47. The van der Waals surface area contributed by atoms with Crippen molar-refractivity contribution in [2.45, 2.75) is 44.7 Å². The van der Waals surface area contributed by atoms with E-state index in [1.165, 1.54) is 5.69 Å². The Morgan fingerprint density at radius 1 is 1.76 bits per heavy atom. The van der Waals surface area contributed by atoms with Gasteiger partial charge < -0.3 is 11.1 Å². The largest absolute Gasteiger partial charge is 0.349 e. The highest BCUT2D eigenvalue weighted by atomic mass is 16.1. The van der Waals surface area contributed by atoms with Crippen molar-refractivity contribution >= 4 is 5.91 Å². The van der Waals surface area contributed by atoms with Crippen LogP contribution in [0.5, 0.6) is 0 Å². The maximum Gasteiger partial charge on any atom is 0.222 e. The minimum atomic E-state index is -0.0908. The van der Waals surface area contributed by atoms with Crippen LogP contribution in [0, 0.1) is 0 Å². The lowest BCUT2D eigenvalue weighted by Crippen LogP contribution is -2.34. The summed E-state index contributed by atoms with van der Waals surface area (Å²) in [6.45, 7) is 1.84. The Balaban J connectivity index is 2.06. The number of rotatable bonds is 3. The third kappa shape index (κ3) is 2.66. The maximum atomic E-state index is 11.7. The normalized spacial score (nSPS) is 20.8. The number of aromatic nitrogens is 2. The summed E-state index contributed by atoms with van der Waals surface area (Å²) in [7, 11) is 1.95. The molecule has 3 N–H and O–H groups in total. The molecule has 1 aliphatic carbocycles. The van der Waals surface area contributed by atoms with Crippen molar-refractivity contribution in [2.24, 2.45) is 12.8 Å². The van der Waals surface area contributed by atoms with Gasteiger partial charge in [0.15, 0.2) is 0 Å². The van der Waals surface area contributed by atoms with Crippen molar-refractivity contribution in [3.05, 3.63) is 17.5 Å². The molecule has 2 rings (SSSR count). The van der Waals surface area contributed by atoms with Gasteiger partial charge in [0.25, 0.3) is 0 Å². The number of nitrogens with one attached hydrogen (secondary N) is 1. The summed E-state index contributed by atoms with van der Waals surface area (Å²) < 4.78 is 1.90. The van der Waals surface area contributed by atoms with Crippen LogP contribution in [0.2, 0.25) is 0 Å². The summed E-state index contributed by atoms with van der Waals surface area (Å²) in [6, 6.07) is 0.0191. The fourth-order valence-corrected chi connectivity index (χ4v) is 2.40. The number of fused-ring (bicyclic) bond motifs is 1. The number of carbonyl (C=O) groups excluding carboxylic acids is 1. The number of nitrogens with two attached hydrogens (primary N) is 1. The molecule has 2 unspecified atom stereocenters. The quantitative estimate of drug-likeness (QED) is 0.809. The molecule has 0 saturated heterocycles. The molecular weight excluding hydrogens is 216 g/mol. The molecule has 1 aliphatic rings. The maximum absolute atomic E-state index is 11.7. The van der Waals surface area contributed by atoms with E-state index in [9.17, 15) is 4.79 Å². The molecule has 0 spiro atoms. The number of amides is 1. The lowest BCUT2D eigenvalue weighted by atomic mass is 9.93. The van der Waals surface area contributed by atoms with E-state index < -0.39 is 0 Å². The molecule has 17 heavy (non-hydrogen) atoms. The second-order valence-corrected chi connectivity index (χ2v) is 4.86. The number of hydrogen-bond acceptors (Lipinski definition) is 3. The lowest BCUT2D eigenvalue weighted by molar-refractivity contribution is -0.122. The van der Waals surface area contributed by atoms with Crippen LogP contribution in [-0.2, 0) is 18.3 Å². The number of nitrogens with zero attached hydrogens (tertiary/aromatic N) is 2. The van der Waals surface area contributed by atoms with E-state index in [0.717, 1.165) is 24.8 Å². The first kappa shape index (κ1) is 12.1. The summed E-state index contributed by atoms with van der Waals surface area (Å²) in [5.74, 6) is 0.0294. The molecule has 0 bridgehead atoms. The highest BCUT2D eigenvalue weighted by molar-refractivity contribution is 5.77. The lowest BCUT2D eigenvalue weighted by Gasteiger charge is -2.24. The fraction of sp³-hybridized carbons (Fsp3) is 0.667. The van der Waals surface area contributed by atoms with Gasteiger partial charge in [0.2, 0.25) is 5.91 Å². The smallest absolute Gasteiger partial charge is 0.222 e. The number of aryl methyl sites for hydroxylation is 1. The van der Waals surface area contributed by atoms with E-state index in [1.54, 1.807) is 0 Å². The predicted molar refractivity (Wildman–Crippen MR) is 65.3 cm³/mol. The SMILES string of the molecule is CC(N)CC(=O)NC1CCCc2c1cnn2C. The van der Waals surface area contributed by atoms with Gasteiger partial charge in [-0.15, -0.1) is 0 Å². The van der Waals surface area contributed by atoms with E-state index >= 15 is 0 Å². The van der Waals surface area contributed by atoms with Crippen LogP contribution in [0.25, 0.3) is 0 Å². The minimum Gasteiger partial charge on any atom is -0.349 e. The molecule has 0 radical (unpaired) electrons. The molecule has 5 heteroatoms. The first-order valence-electron chi connectivity index (χ1n) is 6.13. The van der Waals surface area contributed by atoms with Crippen molar-refractivity contribution in [1.82, 2.24) is 15.1 Å². The Labute approximate surface area is 101 Å². The average Bonchev–Trinajstić information content (AvgIpc) is 2.61. The third-order valence-electron chi connectivity index (χ3n) is 3.22. The Morgan fingerprint density at radius 3 is 3.24 bits per heavy atom. The average molecular weight is 236 g/mol. The predicted octanol–water partition coefficient (Wildman–Crippen LogP) is 0.651. The highest BCUT2D eigenvalue weighted by Gasteiger charge is 2.24. The van der Waals surface area contributed by atoms with Gasteiger partial charge in [0.1, 0.15) is 0 Å². The minimum absolute atomic E-state index is 0.0294. The number of hydrogen-bond donors (Lipinski definition) is 2. The van der Waals surface area contributed by atoms with Crippen LogP contribution in [0.1, 0.15) is 43.5 Å². The van der Waals surface area contributed by atoms with Crippen LogP contribution >= 0.6 is 0 Å². The highest BCUT2D eigenvalue weighted by Crippen LogP contribution is 2.29. The van der Waals surface area contributed by atoms with Crippen molar-refractivity contribution in [3.63, 3.8) is 0 Å². The van der Waals surface area contributed by atoms with E-state index in [1.807, 2.05) is 24.9 Å². The summed E-state index contributed by atoms with van der Waals surface area (Å²) in [6.07, 6.45) is 5.38. The zero-order chi connectivity index (χ0) is 12.4. The summed E-state index contributed by atoms with van der Waals surface area (Å²) in [4.78, 5) is 11.7. The molecule has 0 fully saturated rings. The molecule has 2 atom stereocenters. The van der Waals surface area contributed by atoms with Crippen LogP contribution in [0.3, 0.4) is 0 Å². The molecule has 0 saturated carbocycles. The zero-order valence-corrected chi connectivity index (χ0v) is 10.4. The summed E-state index contributed by atoms with van der Waals surface area (Å²) >= 11 is 0. The van der Waals surface area contributed by atoms with E-state index in [4.69, 9.17) is 5.73 Å². The van der Waals surface area contributed by atoms with E-state index in [2.05, 4.69) is 10.4 Å².